The van der Waals surface area contributed by atoms with Crippen molar-refractivity contribution in [2.75, 3.05) is 5.01 Å². The van der Waals surface area contributed by atoms with Gasteiger partial charge in [0.05, 0.1) is 5.69 Å². The summed E-state index contributed by atoms with van der Waals surface area (Å²) in [4.78, 5) is 11.7. The van der Waals surface area contributed by atoms with Crippen molar-refractivity contribution in [2.24, 2.45) is 0 Å². The molecule has 1 aliphatic rings. The van der Waals surface area contributed by atoms with Gasteiger partial charge < -0.3 is 0 Å². The van der Waals surface area contributed by atoms with Crippen LogP contribution in [-0.4, -0.2) is 11.9 Å². The van der Waals surface area contributed by atoms with Gasteiger partial charge in [-0.25, -0.2) is 10.4 Å². The lowest BCUT2D eigenvalue weighted by Crippen LogP contribution is -2.37. The van der Waals surface area contributed by atoms with Gasteiger partial charge in [0.15, 0.2) is 0 Å². The number of amides is 1. The molecule has 4 heteroatoms. The summed E-state index contributed by atoms with van der Waals surface area (Å²) >= 11 is 5.88. The molecule has 1 atom stereocenters. The predicted octanol–water partition coefficient (Wildman–Crippen LogP) is 2.36. The fraction of sp³-hybridized carbons (Fsp3) is 0.364. The maximum atomic E-state index is 11.7. The first-order valence-electron chi connectivity index (χ1n) is 5.05. The molecule has 2 rings (SSSR count). The van der Waals surface area contributed by atoms with Crippen molar-refractivity contribution in [1.29, 1.82) is 0 Å². The topological polar surface area (TPSA) is 32.3 Å². The van der Waals surface area contributed by atoms with Crippen molar-refractivity contribution >= 4 is 23.2 Å². The zero-order chi connectivity index (χ0) is 10.8. The Hall–Kier alpha value is -1.06. The van der Waals surface area contributed by atoms with E-state index < -0.39 is 0 Å². The second kappa shape index (κ2) is 4.21. The van der Waals surface area contributed by atoms with E-state index in [4.69, 9.17) is 11.6 Å². The minimum atomic E-state index is 0.101. The van der Waals surface area contributed by atoms with E-state index in [9.17, 15) is 4.79 Å². The van der Waals surface area contributed by atoms with Gasteiger partial charge in [-0.1, -0.05) is 24.6 Å². The van der Waals surface area contributed by atoms with E-state index >= 15 is 0 Å². The van der Waals surface area contributed by atoms with E-state index in [0.29, 0.717) is 11.4 Å². The summed E-state index contributed by atoms with van der Waals surface area (Å²) in [6.07, 6.45) is 1.51. The van der Waals surface area contributed by atoms with Crippen molar-refractivity contribution < 1.29 is 4.79 Å². The van der Waals surface area contributed by atoms with Gasteiger partial charge in [-0.05, 0) is 24.6 Å². The fourth-order valence-corrected chi connectivity index (χ4v) is 1.86. The van der Waals surface area contributed by atoms with E-state index in [1.54, 1.807) is 17.1 Å². The van der Waals surface area contributed by atoms with Gasteiger partial charge in [0.2, 0.25) is 5.91 Å². The molecule has 1 aliphatic heterocycles. The molecule has 0 bridgehead atoms. The van der Waals surface area contributed by atoms with E-state index in [1.165, 1.54) is 0 Å². The summed E-state index contributed by atoms with van der Waals surface area (Å²) in [5.74, 6) is 0.101. The van der Waals surface area contributed by atoms with Crippen molar-refractivity contribution in [1.82, 2.24) is 5.43 Å². The van der Waals surface area contributed by atoms with Crippen LogP contribution in [0.3, 0.4) is 0 Å². The van der Waals surface area contributed by atoms with Crippen LogP contribution >= 0.6 is 11.6 Å². The number of halogens is 1. The van der Waals surface area contributed by atoms with Gasteiger partial charge in [-0.3, -0.25) is 4.79 Å². The molecule has 15 heavy (non-hydrogen) atoms. The molecule has 1 aromatic carbocycles. The zero-order valence-electron chi connectivity index (χ0n) is 8.53. The van der Waals surface area contributed by atoms with Crippen molar-refractivity contribution in [3.05, 3.63) is 29.3 Å². The highest BCUT2D eigenvalue weighted by Gasteiger charge is 2.28. The summed E-state index contributed by atoms with van der Waals surface area (Å²) in [6, 6.07) is 7.53. The lowest BCUT2D eigenvalue weighted by atomic mass is 10.2. The number of hydrogen-bond donors (Lipinski definition) is 1. The van der Waals surface area contributed by atoms with Crippen LogP contribution in [0, 0.1) is 0 Å². The lowest BCUT2D eigenvalue weighted by Gasteiger charge is -2.17. The van der Waals surface area contributed by atoms with Crippen molar-refractivity contribution in [3.8, 4) is 0 Å². The summed E-state index contributed by atoms with van der Waals surface area (Å²) in [5.41, 5.74) is 3.97. The van der Waals surface area contributed by atoms with Crippen LogP contribution in [0.2, 0.25) is 5.02 Å². The second-order valence-corrected chi connectivity index (χ2v) is 4.08. The number of carbonyl (C=O) groups excluding carboxylic acids is 1. The van der Waals surface area contributed by atoms with Crippen LogP contribution in [-0.2, 0) is 4.79 Å². The Bertz CT molecular complexity index is 381. The van der Waals surface area contributed by atoms with E-state index in [1.807, 2.05) is 12.1 Å². The molecular formula is C11H13ClN2O. The highest BCUT2D eigenvalue weighted by Crippen LogP contribution is 2.22. The summed E-state index contributed by atoms with van der Waals surface area (Å²) in [7, 11) is 0. The standard InChI is InChI=1S/C11H13ClN2O/c1-2-9-7-11(15)14(13-9)10-5-3-4-8(12)6-10/h3-6,9,13H,2,7H2,1H3. The van der Waals surface area contributed by atoms with Crippen LogP contribution in [0.15, 0.2) is 24.3 Å². The third-order valence-electron chi connectivity index (χ3n) is 2.54. The van der Waals surface area contributed by atoms with Gasteiger partial charge in [-0.2, -0.15) is 0 Å². The lowest BCUT2D eigenvalue weighted by molar-refractivity contribution is -0.117. The first kappa shape index (κ1) is 10.5. The van der Waals surface area contributed by atoms with Crippen LogP contribution in [0.1, 0.15) is 19.8 Å². The number of nitrogens with zero attached hydrogens (tertiary/aromatic N) is 1. The fourth-order valence-electron chi connectivity index (χ4n) is 1.67. The largest absolute Gasteiger partial charge is 0.273 e. The minimum Gasteiger partial charge on any atom is -0.273 e. The van der Waals surface area contributed by atoms with Crippen molar-refractivity contribution in [3.63, 3.8) is 0 Å². The molecule has 0 aliphatic carbocycles. The van der Waals surface area contributed by atoms with Gasteiger partial charge in [0, 0.05) is 17.5 Å². The summed E-state index contributed by atoms with van der Waals surface area (Å²) in [5, 5.41) is 2.22. The SMILES string of the molecule is CCC1CC(=O)N(c2cccc(Cl)c2)N1. The Morgan fingerprint density at radius 2 is 2.40 bits per heavy atom. The summed E-state index contributed by atoms with van der Waals surface area (Å²) < 4.78 is 0. The van der Waals surface area contributed by atoms with Crippen LogP contribution in [0.5, 0.6) is 0 Å². The molecule has 0 radical (unpaired) electrons. The van der Waals surface area contributed by atoms with Gasteiger partial charge in [-0.15, -0.1) is 0 Å². The third kappa shape index (κ3) is 2.13. The third-order valence-corrected chi connectivity index (χ3v) is 2.78. The number of hydrazine groups is 1. The van der Waals surface area contributed by atoms with Crippen molar-refractivity contribution in [2.45, 2.75) is 25.8 Å². The van der Waals surface area contributed by atoms with E-state index in [2.05, 4.69) is 12.3 Å². The Morgan fingerprint density at radius 3 is 3.00 bits per heavy atom. The van der Waals surface area contributed by atoms with Crippen LogP contribution < -0.4 is 10.4 Å². The first-order chi connectivity index (χ1) is 7.20. The average molecular weight is 225 g/mol. The highest BCUT2D eigenvalue weighted by atomic mass is 35.5. The van der Waals surface area contributed by atoms with Gasteiger partial charge in [0.25, 0.3) is 0 Å². The maximum Gasteiger partial charge on any atom is 0.243 e. The molecule has 1 aromatic rings. The average Bonchev–Trinajstić information content (AvgIpc) is 2.60. The number of rotatable bonds is 2. The monoisotopic (exact) mass is 224 g/mol. The number of hydrogen-bond acceptors (Lipinski definition) is 2. The number of benzene rings is 1. The molecule has 1 saturated heterocycles. The Labute approximate surface area is 94.0 Å². The molecule has 1 fully saturated rings. The van der Waals surface area contributed by atoms with E-state index in [-0.39, 0.29) is 11.9 Å². The van der Waals surface area contributed by atoms with Crippen LogP contribution in [0.25, 0.3) is 0 Å². The second-order valence-electron chi connectivity index (χ2n) is 3.65. The van der Waals surface area contributed by atoms with E-state index in [0.717, 1.165) is 12.1 Å². The predicted molar refractivity (Wildman–Crippen MR) is 60.8 cm³/mol. The molecule has 1 amide bonds. The quantitative estimate of drug-likeness (QED) is 0.837. The van der Waals surface area contributed by atoms with Gasteiger partial charge in [0.1, 0.15) is 0 Å². The highest BCUT2D eigenvalue weighted by molar-refractivity contribution is 6.30. The Kier molecular flexibility index (Phi) is 2.93. The smallest absolute Gasteiger partial charge is 0.243 e. The number of carbonyl (C=O) groups is 1. The number of nitrogens with one attached hydrogen (secondary N) is 1. The molecule has 80 valence electrons. The zero-order valence-corrected chi connectivity index (χ0v) is 9.29. The minimum absolute atomic E-state index is 0.101. The molecule has 0 saturated carbocycles. The Balaban J connectivity index is 2.21. The number of anilines is 1. The Morgan fingerprint density at radius 1 is 1.60 bits per heavy atom. The molecular weight excluding hydrogens is 212 g/mol. The van der Waals surface area contributed by atoms with Crippen LogP contribution in [0.4, 0.5) is 5.69 Å². The molecule has 0 spiro atoms. The maximum absolute atomic E-state index is 11.7. The normalized spacial score (nSPS) is 21.1. The molecule has 3 nitrogen and oxygen atoms in total. The molecule has 0 aromatic heterocycles. The molecule has 1 heterocycles. The first-order valence-corrected chi connectivity index (χ1v) is 5.43. The molecule has 1 N–H and O–H groups in total. The summed E-state index contributed by atoms with van der Waals surface area (Å²) in [6.45, 7) is 2.06. The molecule has 1 unspecified atom stereocenters. The van der Waals surface area contributed by atoms with Gasteiger partial charge >= 0.3 is 0 Å².